The van der Waals surface area contributed by atoms with Crippen LogP contribution in [-0.4, -0.2) is 24.2 Å². The molecule has 2 aromatic heterocycles. The molecule has 0 aliphatic rings. The largest absolute Gasteiger partial charge is 0.390 e. The second kappa shape index (κ2) is 4.27. The van der Waals surface area contributed by atoms with Gasteiger partial charge in [0.05, 0.1) is 24.8 Å². The molecule has 5 nitrogen and oxygen atoms in total. The number of nitrogens with zero attached hydrogens (tertiary/aromatic N) is 4. The van der Waals surface area contributed by atoms with Crippen molar-refractivity contribution in [2.24, 2.45) is 7.05 Å². The molecule has 0 bridgehead atoms. The average molecular weight is 206 g/mol. The van der Waals surface area contributed by atoms with Crippen molar-refractivity contribution in [3.63, 3.8) is 0 Å². The molecule has 0 radical (unpaired) electrons. The fraction of sp³-hybridized carbons (Fsp3) is 0.400. The molecule has 0 atom stereocenters. The molecule has 2 heterocycles. The summed E-state index contributed by atoms with van der Waals surface area (Å²) in [5.74, 6) is 1.03. The van der Waals surface area contributed by atoms with Gasteiger partial charge >= 0.3 is 0 Å². The highest BCUT2D eigenvalue weighted by atomic mass is 16.3. The predicted molar refractivity (Wildman–Crippen MR) is 55.1 cm³/mol. The van der Waals surface area contributed by atoms with E-state index in [1.807, 2.05) is 22.4 Å². The first-order valence-electron chi connectivity index (χ1n) is 4.87. The van der Waals surface area contributed by atoms with Crippen molar-refractivity contribution in [3.8, 4) is 0 Å². The molecule has 80 valence electrons. The van der Waals surface area contributed by atoms with Crippen LogP contribution in [0.3, 0.4) is 0 Å². The number of hydrogen-bond acceptors (Lipinski definition) is 3. The Bertz CT molecular complexity index is 432. The lowest BCUT2D eigenvalue weighted by molar-refractivity contribution is 0.270. The van der Waals surface area contributed by atoms with Crippen molar-refractivity contribution in [2.75, 3.05) is 0 Å². The van der Waals surface area contributed by atoms with Crippen LogP contribution in [0.5, 0.6) is 0 Å². The Morgan fingerprint density at radius 2 is 2.33 bits per heavy atom. The summed E-state index contributed by atoms with van der Waals surface area (Å²) in [5, 5.41) is 9.04. The first-order chi connectivity index (χ1) is 7.31. The minimum Gasteiger partial charge on any atom is -0.390 e. The van der Waals surface area contributed by atoms with Crippen molar-refractivity contribution in [1.82, 2.24) is 19.1 Å². The lowest BCUT2D eigenvalue weighted by Crippen LogP contribution is -2.07. The second-order valence-corrected chi connectivity index (χ2v) is 3.44. The van der Waals surface area contributed by atoms with E-state index in [9.17, 15) is 0 Å². The van der Waals surface area contributed by atoms with Crippen LogP contribution in [-0.2, 0) is 26.6 Å². The molecule has 5 heteroatoms. The smallest absolute Gasteiger partial charge is 0.110 e. The van der Waals surface area contributed by atoms with Crippen molar-refractivity contribution in [1.29, 1.82) is 0 Å². The maximum absolute atomic E-state index is 9.04. The normalized spacial score (nSPS) is 10.8. The van der Waals surface area contributed by atoms with Crippen LogP contribution >= 0.6 is 0 Å². The van der Waals surface area contributed by atoms with Crippen molar-refractivity contribution in [2.45, 2.75) is 19.6 Å². The quantitative estimate of drug-likeness (QED) is 0.785. The number of aryl methyl sites for hydroxylation is 3. The molecule has 0 aliphatic heterocycles. The third-order valence-electron chi connectivity index (χ3n) is 2.46. The molecule has 0 saturated carbocycles. The molecule has 2 rings (SSSR count). The van der Waals surface area contributed by atoms with E-state index in [0.29, 0.717) is 0 Å². The maximum Gasteiger partial charge on any atom is 0.110 e. The Morgan fingerprint density at radius 3 is 3.00 bits per heavy atom. The molecule has 2 aromatic rings. The molecular formula is C10H14N4O. The molecule has 0 saturated heterocycles. The monoisotopic (exact) mass is 206 g/mol. The molecule has 0 aromatic carbocycles. The Balaban J connectivity index is 2.02. The van der Waals surface area contributed by atoms with Gasteiger partial charge in [-0.3, -0.25) is 0 Å². The van der Waals surface area contributed by atoms with Gasteiger partial charge in [-0.15, -0.1) is 0 Å². The summed E-state index contributed by atoms with van der Waals surface area (Å²) in [5.41, 5.74) is 0.837. The average Bonchev–Trinajstić information content (AvgIpc) is 2.83. The van der Waals surface area contributed by atoms with Crippen molar-refractivity contribution < 1.29 is 5.11 Å². The van der Waals surface area contributed by atoms with Crippen LogP contribution in [0.15, 0.2) is 24.9 Å². The van der Waals surface area contributed by atoms with E-state index in [0.717, 1.165) is 24.5 Å². The molecule has 0 aliphatic carbocycles. The van der Waals surface area contributed by atoms with Crippen LogP contribution in [0.25, 0.3) is 0 Å². The summed E-state index contributed by atoms with van der Waals surface area (Å²) in [4.78, 5) is 8.23. The third kappa shape index (κ3) is 2.07. The lowest BCUT2D eigenvalue weighted by Gasteiger charge is -2.05. The van der Waals surface area contributed by atoms with Crippen LogP contribution in [0, 0.1) is 0 Å². The summed E-state index contributed by atoms with van der Waals surface area (Å²) in [6.07, 6.45) is 7.96. The topological polar surface area (TPSA) is 55.9 Å². The van der Waals surface area contributed by atoms with E-state index in [2.05, 4.69) is 9.97 Å². The standard InChI is InChI=1S/C10H14N4O/c1-13-5-3-12-10(13)2-4-14-8-11-6-9(14)7-15/h3,5-6,8,15H,2,4,7H2,1H3. The summed E-state index contributed by atoms with van der Waals surface area (Å²) in [6.45, 7) is 0.821. The highest BCUT2D eigenvalue weighted by Crippen LogP contribution is 2.02. The minimum absolute atomic E-state index is 0.0283. The van der Waals surface area contributed by atoms with E-state index in [4.69, 9.17) is 5.11 Å². The number of rotatable bonds is 4. The van der Waals surface area contributed by atoms with Gasteiger partial charge < -0.3 is 14.2 Å². The third-order valence-corrected chi connectivity index (χ3v) is 2.46. The first-order valence-corrected chi connectivity index (χ1v) is 4.87. The van der Waals surface area contributed by atoms with Gasteiger partial charge in [-0.05, 0) is 0 Å². The zero-order chi connectivity index (χ0) is 10.7. The van der Waals surface area contributed by atoms with E-state index < -0.39 is 0 Å². The Kier molecular flexibility index (Phi) is 2.82. The lowest BCUT2D eigenvalue weighted by atomic mass is 10.4. The maximum atomic E-state index is 9.04. The fourth-order valence-electron chi connectivity index (χ4n) is 1.54. The molecule has 1 N–H and O–H groups in total. The SMILES string of the molecule is Cn1ccnc1CCn1cncc1CO. The van der Waals surface area contributed by atoms with E-state index >= 15 is 0 Å². The molecule has 0 fully saturated rings. The predicted octanol–water partition coefficient (Wildman–Crippen LogP) is 0.352. The van der Waals surface area contributed by atoms with Crippen LogP contribution in [0.2, 0.25) is 0 Å². The molecule has 15 heavy (non-hydrogen) atoms. The van der Waals surface area contributed by atoms with Gasteiger partial charge in [0.2, 0.25) is 0 Å². The highest BCUT2D eigenvalue weighted by molar-refractivity contribution is 4.98. The summed E-state index contributed by atoms with van der Waals surface area (Å²) in [7, 11) is 1.98. The number of imidazole rings is 2. The van der Waals surface area contributed by atoms with E-state index in [1.54, 1.807) is 18.7 Å². The zero-order valence-corrected chi connectivity index (χ0v) is 8.67. The number of aliphatic hydroxyl groups excluding tert-OH is 1. The number of aliphatic hydroxyl groups is 1. The summed E-state index contributed by atoms with van der Waals surface area (Å²) >= 11 is 0. The highest BCUT2D eigenvalue weighted by Gasteiger charge is 2.03. The van der Waals surface area contributed by atoms with Crippen LogP contribution < -0.4 is 0 Å². The fourth-order valence-corrected chi connectivity index (χ4v) is 1.54. The molecular weight excluding hydrogens is 192 g/mol. The van der Waals surface area contributed by atoms with Gasteiger partial charge in [-0.25, -0.2) is 9.97 Å². The van der Waals surface area contributed by atoms with Gasteiger partial charge in [-0.2, -0.15) is 0 Å². The summed E-state index contributed by atoms with van der Waals surface area (Å²) in [6, 6.07) is 0. The van der Waals surface area contributed by atoms with Gasteiger partial charge in [0, 0.05) is 32.4 Å². The van der Waals surface area contributed by atoms with Crippen molar-refractivity contribution >= 4 is 0 Å². The first kappa shape index (κ1) is 9.92. The summed E-state index contributed by atoms with van der Waals surface area (Å²) < 4.78 is 3.93. The molecule has 0 spiro atoms. The molecule has 0 unspecified atom stereocenters. The van der Waals surface area contributed by atoms with E-state index in [-0.39, 0.29) is 6.61 Å². The van der Waals surface area contributed by atoms with Crippen LogP contribution in [0.4, 0.5) is 0 Å². The number of hydrogen-bond donors (Lipinski definition) is 1. The van der Waals surface area contributed by atoms with Gasteiger partial charge in [0.25, 0.3) is 0 Å². The Hall–Kier alpha value is -1.62. The Labute approximate surface area is 88.0 Å². The van der Waals surface area contributed by atoms with E-state index in [1.165, 1.54) is 0 Å². The Morgan fingerprint density at radius 1 is 1.47 bits per heavy atom. The van der Waals surface area contributed by atoms with Crippen molar-refractivity contribution in [3.05, 3.63) is 36.4 Å². The van der Waals surface area contributed by atoms with Gasteiger partial charge in [0.15, 0.2) is 0 Å². The number of aromatic nitrogens is 4. The van der Waals surface area contributed by atoms with Crippen LogP contribution in [0.1, 0.15) is 11.5 Å². The minimum atomic E-state index is 0.0283. The second-order valence-electron chi connectivity index (χ2n) is 3.44. The van der Waals surface area contributed by atoms with Gasteiger partial charge in [-0.1, -0.05) is 0 Å². The zero-order valence-electron chi connectivity index (χ0n) is 8.67. The van der Waals surface area contributed by atoms with Gasteiger partial charge in [0.1, 0.15) is 5.82 Å². The molecule has 0 amide bonds.